The Bertz CT molecular complexity index is 1330. The van der Waals surface area contributed by atoms with E-state index in [9.17, 15) is 25.2 Å². The number of aliphatic hydroxyl groups is 4. The molecule has 5 rings (SSSR count). The number of ether oxygens (including phenoxy) is 6. The minimum absolute atomic E-state index is 0.00269. The van der Waals surface area contributed by atoms with Crippen molar-refractivity contribution in [2.75, 3.05) is 27.6 Å². The molecule has 0 radical (unpaired) electrons. The Morgan fingerprint density at radius 1 is 0.972 bits per heavy atom. The highest BCUT2D eigenvalue weighted by molar-refractivity contribution is 5.93. The summed E-state index contributed by atoms with van der Waals surface area (Å²) in [6.07, 6.45) is -6.25. The highest BCUT2D eigenvalue weighted by Gasteiger charge is 2.45. The summed E-state index contributed by atoms with van der Waals surface area (Å²) in [6.45, 7) is -0.534. The topological polar surface area (TPSA) is 167 Å². The van der Waals surface area contributed by atoms with Crippen LogP contribution in [0.25, 0.3) is 22.1 Å². The molecule has 0 bridgehead atoms. The highest BCUT2D eigenvalue weighted by Crippen LogP contribution is 2.43. The first-order valence-corrected chi connectivity index (χ1v) is 11.0. The van der Waals surface area contributed by atoms with Crippen molar-refractivity contribution in [3.63, 3.8) is 0 Å². The molecule has 3 heterocycles. The first kappa shape index (κ1) is 24.2. The second kappa shape index (κ2) is 9.48. The summed E-state index contributed by atoms with van der Waals surface area (Å²) in [7, 11) is 2.68. The fraction of sp³-hybridized carbons (Fsp3) is 0.375. The van der Waals surface area contributed by atoms with E-state index in [0.29, 0.717) is 17.1 Å². The summed E-state index contributed by atoms with van der Waals surface area (Å²) in [5.41, 5.74) is 0.372. The maximum atomic E-state index is 13.5. The molecule has 12 heteroatoms. The molecule has 1 saturated heterocycles. The van der Waals surface area contributed by atoms with E-state index >= 15 is 0 Å². The molecule has 12 nitrogen and oxygen atoms in total. The lowest BCUT2D eigenvalue weighted by atomic mass is 9.99. The molecule has 1 fully saturated rings. The zero-order chi connectivity index (χ0) is 25.6. The SMILES string of the molecule is COc1c(OC2OC(CO)C(O)C(O)C2O)cc(OC)c2c(=O)c(-c3ccc4c(c3)OCO4)coc12. The van der Waals surface area contributed by atoms with E-state index in [1.807, 2.05) is 0 Å². The predicted octanol–water partition coefficient (Wildman–Crippen LogP) is 0.385. The summed E-state index contributed by atoms with van der Waals surface area (Å²) in [5, 5.41) is 39.9. The Kier molecular flexibility index (Phi) is 6.36. The smallest absolute Gasteiger partial charge is 0.231 e. The number of benzene rings is 2. The molecule has 0 aliphatic carbocycles. The summed E-state index contributed by atoms with van der Waals surface area (Å²) < 4.78 is 38.6. The zero-order valence-corrected chi connectivity index (χ0v) is 19.2. The van der Waals surface area contributed by atoms with Gasteiger partial charge in [-0.05, 0) is 17.7 Å². The average molecular weight is 504 g/mol. The van der Waals surface area contributed by atoms with Gasteiger partial charge in [-0.25, -0.2) is 0 Å². The molecule has 5 unspecified atom stereocenters. The third kappa shape index (κ3) is 3.88. The van der Waals surface area contributed by atoms with Crippen LogP contribution in [0.3, 0.4) is 0 Å². The molecule has 1 aromatic heterocycles. The van der Waals surface area contributed by atoms with Gasteiger partial charge in [0.25, 0.3) is 0 Å². The average Bonchev–Trinajstić information content (AvgIpc) is 3.36. The zero-order valence-electron chi connectivity index (χ0n) is 19.2. The van der Waals surface area contributed by atoms with E-state index < -0.39 is 42.7 Å². The van der Waals surface area contributed by atoms with Crippen LogP contribution in [0.4, 0.5) is 0 Å². The molecule has 2 aromatic carbocycles. The minimum Gasteiger partial charge on any atom is -0.496 e. The van der Waals surface area contributed by atoms with Crippen LogP contribution >= 0.6 is 0 Å². The molecule has 4 N–H and O–H groups in total. The van der Waals surface area contributed by atoms with Gasteiger partial charge in [0.05, 0.1) is 26.4 Å². The van der Waals surface area contributed by atoms with E-state index in [1.165, 1.54) is 26.5 Å². The van der Waals surface area contributed by atoms with Crippen molar-refractivity contribution in [3.8, 4) is 39.9 Å². The van der Waals surface area contributed by atoms with Gasteiger partial charge in [0, 0.05) is 6.07 Å². The Morgan fingerprint density at radius 2 is 1.75 bits per heavy atom. The van der Waals surface area contributed by atoms with Crippen LogP contribution in [-0.2, 0) is 4.74 Å². The molecule has 2 aliphatic heterocycles. The minimum atomic E-state index is -1.66. The lowest BCUT2D eigenvalue weighted by Crippen LogP contribution is -2.60. The fourth-order valence-electron chi connectivity index (χ4n) is 4.22. The first-order valence-electron chi connectivity index (χ1n) is 11.0. The molecular weight excluding hydrogens is 480 g/mol. The fourth-order valence-corrected chi connectivity index (χ4v) is 4.22. The summed E-state index contributed by atoms with van der Waals surface area (Å²) in [5.74, 6) is 1.11. The Morgan fingerprint density at radius 3 is 2.47 bits per heavy atom. The third-order valence-corrected chi connectivity index (χ3v) is 6.13. The number of aliphatic hydroxyl groups excluding tert-OH is 4. The predicted molar refractivity (Wildman–Crippen MR) is 122 cm³/mol. The van der Waals surface area contributed by atoms with Crippen molar-refractivity contribution in [2.24, 2.45) is 0 Å². The molecule has 0 spiro atoms. The number of hydrogen-bond donors (Lipinski definition) is 4. The standard InChI is InChI=1S/C24H24O12/c1-30-14-6-15(35-24-21(29)20(28)19(27)16(7-25)36-24)22(31-2)23-17(14)18(26)11(8-32-23)10-3-4-12-13(5-10)34-9-33-12/h3-6,8,16,19-21,24-25,27-29H,7,9H2,1-2H3. The molecule has 36 heavy (non-hydrogen) atoms. The van der Waals surface area contributed by atoms with Crippen molar-refractivity contribution >= 4 is 11.0 Å². The van der Waals surface area contributed by atoms with Crippen LogP contribution in [0.15, 0.2) is 39.7 Å². The van der Waals surface area contributed by atoms with E-state index in [-0.39, 0.29) is 40.6 Å². The largest absolute Gasteiger partial charge is 0.496 e. The molecule has 0 saturated carbocycles. The van der Waals surface area contributed by atoms with Crippen LogP contribution in [0.2, 0.25) is 0 Å². The van der Waals surface area contributed by atoms with E-state index in [1.54, 1.807) is 18.2 Å². The van der Waals surface area contributed by atoms with Gasteiger partial charge in [-0.15, -0.1) is 0 Å². The van der Waals surface area contributed by atoms with Crippen LogP contribution in [0, 0.1) is 0 Å². The second-order valence-electron chi connectivity index (χ2n) is 8.18. The van der Waals surface area contributed by atoms with Crippen LogP contribution in [0.1, 0.15) is 0 Å². The molecule has 0 amide bonds. The lowest BCUT2D eigenvalue weighted by molar-refractivity contribution is -0.277. The van der Waals surface area contributed by atoms with E-state index in [2.05, 4.69) is 0 Å². The van der Waals surface area contributed by atoms with Crippen molar-refractivity contribution in [1.29, 1.82) is 0 Å². The van der Waals surface area contributed by atoms with Gasteiger partial charge in [-0.1, -0.05) is 6.07 Å². The quantitative estimate of drug-likeness (QED) is 0.365. The normalized spacial score (nSPS) is 25.1. The van der Waals surface area contributed by atoms with Crippen molar-refractivity contribution < 1.29 is 53.3 Å². The highest BCUT2D eigenvalue weighted by atomic mass is 16.7. The molecule has 2 aliphatic rings. The number of methoxy groups -OCH3 is 2. The molecular formula is C24H24O12. The Labute approximate surface area is 203 Å². The maximum absolute atomic E-state index is 13.5. The first-order chi connectivity index (χ1) is 17.4. The number of fused-ring (bicyclic) bond motifs is 2. The van der Waals surface area contributed by atoms with E-state index in [0.717, 1.165) is 0 Å². The van der Waals surface area contributed by atoms with Crippen molar-refractivity contribution in [1.82, 2.24) is 0 Å². The van der Waals surface area contributed by atoms with Gasteiger partial charge in [0.15, 0.2) is 22.8 Å². The van der Waals surface area contributed by atoms with Gasteiger partial charge in [-0.2, -0.15) is 0 Å². The van der Waals surface area contributed by atoms with Gasteiger partial charge in [0.2, 0.25) is 24.3 Å². The Hall–Kier alpha value is -3.55. The summed E-state index contributed by atoms with van der Waals surface area (Å²) >= 11 is 0. The lowest BCUT2D eigenvalue weighted by Gasteiger charge is -2.39. The van der Waals surface area contributed by atoms with Crippen LogP contribution < -0.4 is 29.1 Å². The van der Waals surface area contributed by atoms with Gasteiger partial charge >= 0.3 is 0 Å². The number of rotatable bonds is 6. The van der Waals surface area contributed by atoms with Gasteiger partial charge in [0.1, 0.15) is 41.8 Å². The Balaban J connectivity index is 1.58. The molecule has 192 valence electrons. The van der Waals surface area contributed by atoms with Crippen LogP contribution in [0.5, 0.6) is 28.7 Å². The number of hydrogen-bond acceptors (Lipinski definition) is 12. The summed E-state index contributed by atoms with van der Waals surface area (Å²) in [6, 6.07) is 6.41. The second-order valence-corrected chi connectivity index (χ2v) is 8.18. The van der Waals surface area contributed by atoms with Crippen LogP contribution in [-0.4, -0.2) is 78.8 Å². The maximum Gasteiger partial charge on any atom is 0.231 e. The van der Waals surface area contributed by atoms with Crippen molar-refractivity contribution in [3.05, 3.63) is 40.8 Å². The van der Waals surface area contributed by atoms with Crippen molar-refractivity contribution in [2.45, 2.75) is 30.7 Å². The third-order valence-electron chi connectivity index (χ3n) is 6.13. The van der Waals surface area contributed by atoms with Gasteiger partial charge < -0.3 is 53.3 Å². The molecule has 3 aromatic rings. The molecule has 5 atom stereocenters. The van der Waals surface area contributed by atoms with E-state index in [4.69, 9.17) is 32.8 Å². The van der Waals surface area contributed by atoms with Gasteiger partial charge in [-0.3, -0.25) is 4.79 Å². The monoisotopic (exact) mass is 504 g/mol. The summed E-state index contributed by atoms with van der Waals surface area (Å²) in [4.78, 5) is 13.5.